The minimum absolute atomic E-state index is 0.0593. The van der Waals surface area contributed by atoms with Crippen molar-refractivity contribution in [2.45, 2.75) is 70.5 Å². The summed E-state index contributed by atoms with van der Waals surface area (Å²) >= 11 is 0. The summed E-state index contributed by atoms with van der Waals surface area (Å²) in [6.45, 7) is 9.24. The molecule has 0 fully saturated rings. The predicted octanol–water partition coefficient (Wildman–Crippen LogP) is 4.34. The highest BCUT2D eigenvalue weighted by Gasteiger charge is 2.35. The van der Waals surface area contributed by atoms with Gasteiger partial charge in [-0.25, -0.2) is 18.4 Å². The van der Waals surface area contributed by atoms with E-state index in [0.717, 1.165) is 45.7 Å². The highest BCUT2D eigenvalue weighted by Crippen LogP contribution is 2.38. The highest BCUT2D eigenvalue weighted by atomic mass is 32.2. The van der Waals surface area contributed by atoms with Crippen molar-refractivity contribution in [3.05, 3.63) is 94.7 Å². The number of pyridine rings is 1. The molecule has 0 bridgehead atoms. The molecule has 13 heteroatoms. The fraction of sp³-hybridized carbons (Fsp3) is 0.364. The van der Waals surface area contributed by atoms with E-state index in [2.05, 4.69) is 31.0 Å². The van der Waals surface area contributed by atoms with Crippen molar-refractivity contribution in [2.24, 2.45) is 5.84 Å². The van der Waals surface area contributed by atoms with Gasteiger partial charge in [-0.05, 0) is 73.2 Å². The lowest BCUT2D eigenvalue weighted by Gasteiger charge is -2.26. The second kappa shape index (κ2) is 14.3. The number of ether oxygens (including phenoxy) is 1. The zero-order valence-electron chi connectivity index (χ0n) is 26.6. The number of carbonyl (C=O) groups excluding carboxylic acids is 1. The number of nitrogen functional groups attached to an aromatic ring is 1. The van der Waals surface area contributed by atoms with Gasteiger partial charge in [-0.2, -0.15) is 4.31 Å². The molecule has 1 aliphatic rings. The van der Waals surface area contributed by atoms with Gasteiger partial charge in [-0.3, -0.25) is 10.6 Å². The van der Waals surface area contributed by atoms with Crippen LogP contribution in [0.4, 0.5) is 11.4 Å². The summed E-state index contributed by atoms with van der Waals surface area (Å²) in [5, 5.41) is 6.30. The van der Waals surface area contributed by atoms with E-state index in [0.29, 0.717) is 12.2 Å². The average molecular weight is 647 g/mol. The molecule has 0 unspecified atom stereocenters. The molecule has 12 nitrogen and oxygen atoms in total. The molecule has 0 radical (unpaired) electrons. The molecule has 1 amide bonds. The van der Waals surface area contributed by atoms with E-state index in [-0.39, 0.29) is 54.8 Å². The molecule has 6 N–H and O–H groups in total. The third-order valence-corrected chi connectivity index (χ3v) is 10.2. The van der Waals surface area contributed by atoms with Gasteiger partial charge in [-0.1, -0.05) is 31.2 Å². The topological polar surface area (TPSA) is 167 Å². The smallest absolute Gasteiger partial charge is 0.248 e. The Morgan fingerprint density at radius 2 is 1.98 bits per heavy atom. The normalized spacial score (nSPS) is 16.5. The zero-order chi connectivity index (χ0) is 32.8. The van der Waals surface area contributed by atoms with E-state index < -0.39 is 10.0 Å². The minimum atomic E-state index is -3.89. The maximum absolute atomic E-state index is 13.9. The Kier molecular flexibility index (Phi) is 10.2. The number of hydrogen-bond donors (Lipinski definition) is 5. The first-order chi connectivity index (χ1) is 22.2. The summed E-state index contributed by atoms with van der Waals surface area (Å²) in [4.78, 5) is 24.9. The minimum Gasteiger partial charge on any atom is -0.472 e. The second-order valence-electron chi connectivity index (χ2n) is 11.4. The summed E-state index contributed by atoms with van der Waals surface area (Å²) in [6, 6.07) is 13.1. The molecule has 0 saturated heterocycles. The van der Waals surface area contributed by atoms with Crippen LogP contribution in [0.1, 0.15) is 66.2 Å². The van der Waals surface area contributed by atoms with Gasteiger partial charge in [0.2, 0.25) is 21.8 Å². The van der Waals surface area contributed by atoms with Crippen molar-refractivity contribution < 1.29 is 17.9 Å². The maximum Gasteiger partial charge on any atom is 0.248 e. The van der Waals surface area contributed by atoms with E-state index in [1.807, 2.05) is 58.0 Å². The van der Waals surface area contributed by atoms with E-state index in [1.54, 1.807) is 18.5 Å². The molecule has 3 heterocycles. The van der Waals surface area contributed by atoms with Gasteiger partial charge in [-0.15, -0.1) is 0 Å². The van der Waals surface area contributed by atoms with Crippen LogP contribution in [-0.2, 0) is 27.9 Å². The molecular formula is C33H42N8O4S. The maximum atomic E-state index is 13.9. The van der Waals surface area contributed by atoms with Crippen LogP contribution >= 0.6 is 0 Å². The number of sulfonamides is 1. The zero-order valence-corrected chi connectivity index (χ0v) is 27.4. The van der Waals surface area contributed by atoms with Gasteiger partial charge < -0.3 is 25.8 Å². The second-order valence-corrected chi connectivity index (χ2v) is 13.3. The first-order valence-corrected chi connectivity index (χ1v) is 16.9. The molecule has 4 aromatic rings. The van der Waals surface area contributed by atoms with Crippen LogP contribution in [0.25, 0.3) is 0 Å². The summed E-state index contributed by atoms with van der Waals surface area (Å²) in [5.74, 6) is 6.27. The number of benzene rings is 2. The van der Waals surface area contributed by atoms with Gasteiger partial charge in [0.15, 0.2) is 0 Å². The van der Waals surface area contributed by atoms with Crippen molar-refractivity contribution in [1.29, 1.82) is 0 Å². The van der Waals surface area contributed by atoms with E-state index >= 15 is 0 Å². The quantitative estimate of drug-likeness (QED) is 0.111. The number of amides is 1. The van der Waals surface area contributed by atoms with Crippen LogP contribution in [-0.4, -0.2) is 52.8 Å². The third-order valence-electron chi connectivity index (χ3n) is 8.41. The highest BCUT2D eigenvalue weighted by molar-refractivity contribution is 7.89. The molecule has 0 saturated carbocycles. The average Bonchev–Trinajstić information content (AvgIpc) is 3.54. The van der Waals surface area contributed by atoms with Gasteiger partial charge in [0.05, 0.1) is 24.5 Å². The number of nitrogens with two attached hydrogens (primary N) is 1. The number of aromatic nitrogens is 3. The van der Waals surface area contributed by atoms with Crippen molar-refractivity contribution in [1.82, 2.24) is 24.6 Å². The predicted molar refractivity (Wildman–Crippen MR) is 178 cm³/mol. The number of hydrazine groups is 1. The van der Waals surface area contributed by atoms with Crippen LogP contribution in [0.5, 0.6) is 5.88 Å². The summed E-state index contributed by atoms with van der Waals surface area (Å²) in [5.41, 5.74) is 8.95. The van der Waals surface area contributed by atoms with E-state index in [9.17, 15) is 13.2 Å². The van der Waals surface area contributed by atoms with Crippen molar-refractivity contribution in [3.63, 3.8) is 0 Å². The van der Waals surface area contributed by atoms with Crippen molar-refractivity contribution in [3.8, 4) is 5.88 Å². The Morgan fingerprint density at radius 3 is 2.70 bits per heavy atom. The molecule has 244 valence electrons. The fourth-order valence-electron chi connectivity index (χ4n) is 5.82. The Labute approximate surface area is 270 Å². The monoisotopic (exact) mass is 646 g/mol. The van der Waals surface area contributed by atoms with Crippen LogP contribution in [0.2, 0.25) is 0 Å². The van der Waals surface area contributed by atoms with Gasteiger partial charge in [0.25, 0.3) is 0 Å². The van der Waals surface area contributed by atoms with Gasteiger partial charge in [0.1, 0.15) is 16.8 Å². The number of hydrogen-bond acceptors (Lipinski definition) is 9. The van der Waals surface area contributed by atoms with E-state index in [1.165, 1.54) is 16.6 Å². The summed E-state index contributed by atoms with van der Waals surface area (Å²) in [7, 11) is -3.89. The Morgan fingerprint density at radius 1 is 1.15 bits per heavy atom. The van der Waals surface area contributed by atoms with Crippen LogP contribution in [0.3, 0.4) is 0 Å². The lowest BCUT2D eigenvalue weighted by Crippen LogP contribution is -2.36. The third kappa shape index (κ3) is 7.01. The number of aryl methyl sites for hydroxylation is 1. The van der Waals surface area contributed by atoms with Crippen LogP contribution < -0.4 is 26.6 Å². The Bertz CT molecular complexity index is 1780. The SMILES string of the molecule is CCNc1ccc([C@@H](CC(=O)NCc2ncc[nH]2)c2ccc(C)c(CN3C[C@@H](CC)Oc4ncccc4S3(=O)=O)c2)c(C)c1NN. The lowest BCUT2D eigenvalue weighted by molar-refractivity contribution is -0.121. The number of aromatic amines is 1. The first-order valence-electron chi connectivity index (χ1n) is 15.5. The Balaban J connectivity index is 1.53. The van der Waals surface area contributed by atoms with Gasteiger partial charge in [0, 0.05) is 44.0 Å². The molecule has 5 rings (SSSR count). The number of carbonyl (C=O) groups is 1. The first kappa shape index (κ1) is 32.9. The summed E-state index contributed by atoms with van der Waals surface area (Å²) in [6.07, 6.45) is 5.32. The van der Waals surface area contributed by atoms with Crippen LogP contribution in [0.15, 0.2) is 66.0 Å². The summed E-state index contributed by atoms with van der Waals surface area (Å²) < 4.78 is 35.2. The van der Waals surface area contributed by atoms with Crippen LogP contribution in [0, 0.1) is 13.8 Å². The van der Waals surface area contributed by atoms with Gasteiger partial charge >= 0.3 is 0 Å². The number of nitrogens with zero attached hydrogens (tertiary/aromatic N) is 3. The molecule has 2 aromatic carbocycles. The molecule has 2 atom stereocenters. The standard InChI is InChI=1S/C33H42N8O4S/c1-5-25-20-41(46(43,44)29-8-7-13-38-33(29)45-25)19-24-16-23(10-9-21(24)3)27(17-31(42)39-18-30-36-14-15-37-30)26-11-12-28(35-6-2)32(40-34)22(26)4/h7-16,25,27,35,40H,5-6,17-20,34H2,1-4H3,(H,36,37)(H,39,42)/t25-,27+/m1/s1. The number of fused-ring (bicyclic) bond motifs is 1. The van der Waals surface area contributed by atoms with E-state index in [4.69, 9.17) is 10.6 Å². The molecule has 0 spiro atoms. The Hall–Kier alpha value is -4.46. The van der Waals surface area contributed by atoms with Crippen molar-refractivity contribution >= 4 is 27.3 Å². The molecule has 0 aliphatic carbocycles. The largest absolute Gasteiger partial charge is 0.472 e. The molecule has 1 aliphatic heterocycles. The number of anilines is 2. The number of nitrogens with one attached hydrogen (secondary N) is 4. The van der Waals surface area contributed by atoms with Crippen molar-refractivity contribution in [2.75, 3.05) is 23.8 Å². The molecular weight excluding hydrogens is 604 g/mol. The number of rotatable bonds is 12. The molecule has 46 heavy (non-hydrogen) atoms. The molecule has 2 aromatic heterocycles. The number of imidazole rings is 1. The fourth-order valence-corrected chi connectivity index (χ4v) is 7.34. The lowest BCUT2D eigenvalue weighted by atomic mass is 9.83. The number of H-pyrrole nitrogens is 1.